The van der Waals surface area contributed by atoms with Gasteiger partial charge in [-0.3, -0.25) is 49.3 Å². The fraction of sp³-hybridized carbons (Fsp3) is 0.222. The first-order valence-electron chi connectivity index (χ1n) is 26.9. The number of aryl methyl sites for hydroxylation is 9. The first-order valence-corrected chi connectivity index (χ1v) is 28.4. The van der Waals surface area contributed by atoms with Crippen LogP contribution in [0.2, 0.25) is 10.3 Å². The lowest BCUT2D eigenvalue weighted by molar-refractivity contribution is -0.121. The number of aldehydes is 2. The molecule has 0 bridgehead atoms. The van der Waals surface area contributed by atoms with Crippen LogP contribution in [0.1, 0.15) is 82.4 Å². The lowest BCUT2D eigenvalue weighted by atomic mass is 9.81. The van der Waals surface area contributed by atoms with Gasteiger partial charge in [0.1, 0.15) is 10.3 Å². The largest absolute Gasteiger partial charge is 0.488 e. The van der Waals surface area contributed by atoms with Gasteiger partial charge in [0.2, 0.25) is 6.41 Å². The Hall–Kier alpha value is -8.20. The van der Waals surface area contributed by atoms with Crippen LogP contribution >= 0.6 is 51.5 Å². The summed E-state index contributed by atoms with van der Waals surface area (Å²) in [5.74, 6) is 3.50. The lowest BCUT2D eigenvalue weighted by Crippen LogP contribution is -2.34. The Morgan fingerprint density at radius 3 is 1.29 bits per heavy atom. The van der Waals surface area contributed by atoms with Crippen molar-refractivity contribution in [3.05, 3.63) is 222 Å². The van der Waals surface area contributed by atoms with Gasteiger partial charge in [-0.25, -0.2) is 15.9 Å². The zero-order chi connectivity index (χ0) is 65.1. The van der Waals surface area contributed by atoms with Crippen LogP contribution in [0.25, 0.3) is 33.8 Å². The molecular formula is C63H72BBrCl3N13O8. The average Bonchev–Trinajstić information content (AvgIpc) is 2.61. The van der Waals surface area contributed by atoms with Gasteiger partial charge < -0.3 is 35.8 Å². The van der Waals surface area contributed by atoms with Crippen molar-refractivity contribution in [3.8, 4) is 33.8 Å². The maximum absolute atomic E-state index is 10.6. The van der Waals surface area contributed by atoms with Crippen molar-refractivity contribution >= 4 is 89.3 Å². The summed E-state index contributed by atoms with van der Waals surface area (Å²) in [6, 6.07) is 24.5. The van der Waals surface area contributed by atoms with E-state index in [1.165, 1.54) is 12.4 Å². The van der Waals surface area contributed by atoms with Crippen LogP contribution in [-0.2, 0) is 16.1 Å². The predicted octanol–water partition coefficient (Wildman–Crippen LogP) is 10.3. The summed E-state index contributed by atoms with van der Waals surface area (Å²) in [7, 11) is -1.39. The van der Waals surface area contributed by atoms with E-state index in [0.717, 1.165) is 132 Å². The molecule has 1 aliphatic heterocycles. The van der Waals surface area contributed by atoms with Crippen molar-refractivity contribution < 1.29 is 39.6 Å². The molecule has 21 nitrogen and oxygen atoms in total. The van der Waals surface area contributed by atoms with E-state index in [2.05, 4.69) is 84.8 Å². The number of oxime groups is 1. The van der Waals surface area contributed by atoms with Crippen LogP contribution in [0.15, 0.2) is 144 Å². The Morgan fingerprint density at radius 1 is 0.551 bits per heavy atom. The number of pyridine rings is 9. The second-order valence-corrected chi connectivity index (χ2v) is 20.7. The second kappa shape index (κ2) is 41.9. The molecule has 0 aromatic carbocycles. The fourth-order valence-electron chi connectivity index (χ4n) is 7.70. The van der Waals surface area contributed by atoms with Crippen LogP contribution in [0.5, 0.6) is 0 Å². The van der Waals surface area contributed by atoms with Gasteiger partial charge in [-0.1, -0.05) is 34.4 Å². The zero-order valence-electron chi connectivity index (χ0n) is 50.7. The molecule has 9 aromatic rings. The van der Waals surface area contributed by atoms with E-state index < -0.39 is 7.12 Å². The number of carbonyl (C=O) groups excluding carboxylic acids is 3. The van der Waals surface area contributed by atoms with Gasteiger partial charge in [-0.05, 0) is 190 Å². The number of morpholine rings is 1. The minimum Gasteiger partial charge on any atom is -0.423 e. The number of nitrogens with two attached hydrogens (primary N) is 2. The minimum atomic E-state index is -1.39. The molecule has 468 valence electrons. The highest BCUT2D eigenvalue weighted by Crippen LogP contribution is 2.24. The van der Waals surface area contributed by atoms with Crippen LogP contribution < -0.4 is 17.1 Å². The molecule has 1 saturated heterocycles. The maximum Gasteiger partial charge on any atom is 0.488 e. The molecular weight excluding hydrogens is 1260 g/mol. The molecule has 0 spiro atoms. The van der Waals surface area contributed by atoms with E-state index in [9.17, 15) is 14.4 Å². The number of carbonyl (C=O) groups is 3. The summed E-state index contributed by atoms with van der Waals surface area (Å²) < 4.78 is 5.96. The van der Waals surface area contributed by atoms with Gasteiger partial charge in [0, 0.05) is 136 Å². The van der Waals surface area contributed by atoms with E-state index in [-0.39, 0.29) is 12.4 Å². The number of rotatable bonds is 9. The van der Waals surface area contributed by atoms with Gasteiger partial charge in [0.25, 0.3) is 0 Å². The summed E-state index contributed by atoms with van der Waals surface area (Å²) in [4.78, 5) is 69.7. The molecule has 89 heavy (non-hydrogen) atoms. The number of halogens is 4. The zero-order valence-corrected chi connectivity index (χ0v) is 54.6. The van der Waals surface area contributed by atoms with Gasteiger partial charge >= 0.3 is 7.12 Å². The monoisotopic (exact) mass is 1330 g/mol. The average molecular weight is 1340 g/mol. The summed E-state index contributed by atoms with van der Waals surface area (Å²) in [5, 5.41) is 36.3. The van der Waals surface area contributed by atoms with Gasteiger partial charge in [-0.2, -0.15) is 0 Å². The molecule has 1 aliphatic rings. The Morgan fingerprint density at radius 2 is 0.944 bits per heavy atom. The topological polar surface area (TPSA) is 325 Å². The van der Waals surface area contributed by atoms with Crippen molar-refractivity contribution in [1.29, 1.82) is 0 Å². The second-order valence-electron chi connectivity index (χ2n) is 19.1. The Balaban J connectivity index is 0.000000358. The third kappa shape index (κ3) is 27.8. The quantitative estimate of drug-likeness (QED) is 0.0195. The van der Waals surface area contributed by atoms with Crippen LogP contribution in [0.3, 0.4) is 0 Å². The van der Waals surface area contributed by atoms with Crippen molar-refractivity contribution in [1.82, 2.24) is 49.8 Å². The molecule has 1 fully saturated rings. The van der Waals surface area contributed by atoms with Crippen LogP contribution in [0.4, 0.5) is 0 Å². The molecule has 10 heterocycles. The third-order valence-electron chi connectivity index (χ3n) is 12.0. The highest BCUT2D eigenvalue weighted by molar-refractivity contribution is 9.10. The van der Waals surface area contributed by atoms with Crippen molar-refractivity contribution in [2.24, 2.45) is 16.8 Å². The molecule has 0 unspecified atom stereocenters. The normalized spacial score (nSPS) is 10.8. The maximum atomic E-state index is 10.6. The molecule has 26 heteroatoms. The SMILES string of the molecule is Cc1cc(-c2ncc(/C=N\O)cc2C)ccn1.Cc1cc(-c2ncc(C=O)cc2C)ccn1.Cc1cc(-c2ncc(CN)cc2C)ccn1.Cc1cc(B(O)O)ccn1.Cc1cc(Br)cnc1Cl.Cc1cc(C=O)cnc1Cl.Cl.NO.O=CN1CCOCC1. The first-order chi connectivity index (χ1) is 42.2. The van der Waals surface area contributed by atoms with Crippen LogP contribution in [0, 0.1) is 62.3 Å². The van der Waals surface area contributed by atoms with Gasteiger partial charge in [0.15, 0.2) is 12.6 Å². The number of amides is 1. The van der Waals surface area contributed by atoms with Crippen molar-refractivity contribution in [2.75, 3.05) is 26.3 Å². The van der Waals surface area contributed by atoms with E-state index in [1.807, 2.05) is 115 Å². The minimum absolute atomic E-state index is 0. The molecule has 10 rings (SSSR count). The van der Waals surface area contributed by atoms with Crippen LogP contribution in [-0.4, -0.2) is 129 Å². The molecule has 0 radical (unpaired) electrons. The summed E-state index contributed by atoms with van der Waals surface area (Å²) in [5.41, 5.74) is 23.8. The molecule has 1 amide bonds. The summed E-state index contributed by atoms with van der Waals surface area (Å²) in [6.07, 6.45) is 18.9. The van der Waals surface area contributed by atoms with Gasteiger partial charge in [-0.15, -0.1) is 12.4 Å². The summed E-state index contributed by atoms with van der Waals surface area (Å²) >= 11 is 14.5. The van der Waals surface area contributed by atoms with E-state index >= 15 is 0 Å². The number of hydrogen-bond acceptors (Lipinski definition) is 20. The van der Waals surface area contributed by atoms with E-state index in [1.54, 1.807) is 67.2 Å². The highest BCUT2D eigenvalue weighted by atomic mass is 79.9. The Kier molecular flexibility index (Phi) is 36.2. The fourth-order valence-corrected chi connectivity index (χ4v) is 8.36. The number of ether oxygens (including phenoxy) is 1. The molecule has 0 atom stereocenters. The van der Waals surface area contributed by atoms with E-state index in [4.69, 9.17) is 54.1 Å². The highest BCUT2D eigenvalue weighted by Gasteiger charge is 2.11. The van der Waals surface area contributed by atoms with Crippen molar-refractivity contribution in [3.63, 3.8) is 0 Å². The number of aromatic nitrogens is 9. The Labute approximate surface area is 543 Å². The smallest absolute Gasteiger partial charge is 0.423 e. The van der Waals surface area contributed by atoms with Gasteiger partial charge in [0.05, 0.1) is 36.5 Å². The predicted molar refractivity (Wildman–Crippen MR) is 355 cm³/mol. The molecule has 9 aromatic heterocycles. The molecule has 0 aliphatic carbocycles. The summed E-state index contributed by atoms with van der Waals surface area (Å²) in [6.45, 7) is 20.8. The molecule has 8 N–H and O–H groups in total. The number of hydrogen-bond donors (Lipinski definition) is 6. The standard InChI is InChI=1S/C13H13N3O.C13H15N3.C13H12N2O.C7H6ClNO.C6H8BNO2.C6H5BrClN.C5H9NO2.ClH.H3NO/c1-9-5-11(8-16-17)7-15-13(9)12-3-4-14-10(2)6-12;1-9-5-11(7-14)8-16-13(9)12-3-4-15-10(2)6-12;1-9-5-11(8-16)7-15-13(9)12-3-4-14-10(2)6-12;1-5-2-6(4-10)3-9-7(5)8;1-5-4-6(7(9)10)2-3-8-5;1-4-2-5(7)3-9-6(4)8;7-5-6-1-3-8-4-2-6;;1-2/h3-8,17H,1-2H3;3-6,8H,7,14H2,1-2H3;3-8H,1-2H3;2-4H,1H3;2-4,9-10H,1H3;2-3H,1H3;5H,1-4H2;1H;2H,1H2/b16-8-;;;;;;;;. The first kappa shape index (κ1) is 76.9. The number of nitrogens with zero attached hydrogens (tertiary/aromatic N) is 11. The third-order valence-corrected chi connectivity index (χ3v) is 13.2. The Bertz CT molecular complexity index is 3690. The van der Waals surface area contributed by atoms with E-state index in [0.29, 0.717) is 46.7 Å². The lowest BCUT2D eigenvalue weighted by Gasteiger charge is -2.21. The van der Waals surface area contributed by atoms with Crippen molar-refractivity contribution in [2.45, 2.75) is 68.9 Å². The molecule has 0 saturated carbocycles.